The number of hydrogen-bond acceptors (Lipinski definition) is 3. The van der Waals surface area contributed by atoms with Gasteiger partial charge in [0.2, 0.25) is 0 Å². The predicted molar refractivity (Wildman–Crippen MR) is 170 cm³/mol. The van der Waals surface area contributed by atoms with Crippen molar-refractivity contribution >= 4 is 10.1 Å². The second-order valence-corrected chi connectivity index (χ2v) is 13.4. The van der Waals surface area contributed by atoms with Crippen molar-refractivity contribution in [3.05, 3.63) is 65.7 Å². The molecule has 2 rings (SSSR count). The summed E-state index contributed by atoms with van der Waals surface area (Å²) in [6.45, 7) is 6.95. The summed E-state index contributed by atoms with van der Waals surface area (Å²) in [6.07, 6.45) is 21.5. The molecule has 0 aliphatic carbocycles. The van der Waals surface area contributed by atoms with Crippen LogP contribution >= 0.6 is 0 Å². The van der Waals surface area contributed by atoms with Crippen LogP contribution in [0.1, 0.15) is 128 Å². The maximum absolute atomic E-state index is 11.2. The summed E-state index contributed by atoms with van der Waals surface area (Å²) in [4.78, 5) is -0.0501. The molecule has 0 bridgehead atoms. The van der Waals surface area contributed by atoms with Crippen molar-refractivity contribution in [3.63, 3.8) is 0 Å². The topological polar surface area (TPSA) is 57.2 Å². The minimum absolute atomic E-state index is 0.0501. The lowest BCUT2D eigenvalue weighted by atomic mass is 10.0. The van der Waals surface area contributed by atoms with Gasteiger partial charge in [0.15, 0.2) is 0 Å². The van der Waals surface area contributed by atoms with Gasteiger partial charge >= 0.3 is 0 Å². The Morgan fingerprint density at radius 3 is 1.57 bits per heavy atom. The van der Waals surface area contributed by atoms with E-state index in [1.165, 1.54) is 108 Å². The molecule has 0 heterocycles. The lowest BCUT2D eigenvalue weighted by molar-refractivity contribution is -0.903. The second-order valence-electron chi connectivity index (χ2n) is 12.1. The third-order valence-corrected chi connectivity index (χ3v) is 8.55. The van der Waals surface area contributed by atoms with Crippen LogP contribution in [0.2, 0.25) is 0 Å². The van der Waals surface area contributed by atoms with E-state index in [2.05, 4.69) is 58.3 Å². The van der Waals surface area contributed by atoms with E-state index < -0.39 is 10.1 Å². The molecule has 2 aromatic carbocycles. The van der Waals surface area contributed by atoms with Gasteiger partial charge in [-0.1, -0.05) is 146 Å². The molecular formula is C35H59NO3S. The van der Waals surface area contributed by atoms with Crippen LogP contribution < -0.4 is 0 Å². The molecule has 0 saturated heterocycles. The van der Waals surface area contributed by atoms with Crippen molar-refractivity contribution in [3.8, 4) is 0 Å². The SMILES string of the molecule is CCCCCCCCCCCCc1ccccc1S(=O)(=O)[O-].CCCCCCCC[N+](C)(C)Cc1ccccc1. The van der Waals surface area contributed by atoms with Gasteiger partial charge in [0.1, 0.15) is 16.7 Å². The second kappa shape index (κ2) is 22.0. The first-order chi connectivity index (χ1) is 19.2. The lowest BCUT2D eigenvalue weighted by Gasteiger charge is -2.30. The van der Waals surface area contributed by atoms with Crippen molar-refractivity contribution in [2.45, 2.75) is 134 Å². The van der Waals surface area contributed by atoms with Crippen LogP contribution in [0.25, 0.3) is 0 Å². The van der Waals surface area contributed by atoms with Gasteiger partial charge in [-0.3, -0.25) is 0 Å². The molecule has 0 aliphatic heterocycles. The molecule has 0 amide bonds. The van der Waals surface area contributed by atoms with Crippen LogP contribution in [0, 0.1) is 0 Å². The number of aryl methyl sites for hydroxylation is 1. The van der Waals surface area contributed by atoms with Gasteiger partial charge in [0.05, 0.1) is 25.5 Å². The molecular weight excluding hydrogens is 514 g/mol. The van der Waals surface area contributed by atoms with Gasteiger partial charge in [0, 0.05) is 5.56 Å². The number of rotatable bonds is 21. The summed E-state index contributed by atoms with van der Waals surface area (Å²) >= 11 is 0. The smallest absolute Gasteiger partial charge is 0.124 e. The molecule has 228 valence electrons. The molecule has 2 aromatic rings. The number of quaternary nitrogens is 1. The molecule has 0 aromatic heterocycles. The zero-order valence-corrected chi connectivity index (χ0v) is 27.0. The van der Waals surface area contributed by atoms with Crippen molar-refractivity contribution in [2.75, 3.05) is 20.6 Å². The highest BCUT2D eigenvalue weighted by Gasteiger charge is 2.14. The van der Waals surface area contributed by atoms with E-state index in [4.69, 9.17) is 0 Å². The molecule has 0 spiro atoms. The lowest BCUT2D eigenvalue weighted by Crippen LogP contribution is -2.39. The molecule has 40 heavy (non-hydrogen) atoms. The summed E-state index contributed by atoms with van der Waals surface area (Å²) in [5.74, 6) is 0. The van der Waals surface area contributed by atoms with E-state index in [1.54, 1.807) is 18.2 Å². The zero-order valence-electron chi connectivity index (χ0n) is 26.2. The molecule has 4 nitrogen and oxygen atoms in total. The first-order valence-corrected chi connectivity index (χ1v) is 17.5. The standard InChI is InChI=1S/C18H30O3S.C17H30N/c1-2-3-4-5-6-7-8-9-10-11-14-17-15-12-13-16-18(17)22(19,20)21;1-4-5-6-7-8-12-15-18(2,3)16-17-13-10-9-11-14-17/h12-13,15-16H,2-11,14H2,1H3,(H,19,20,21);9-11,13-14H,4-8,12,15-16H2,1-3H3/q;+1/p-1. The highest BCUT2D eigenvalue weighted by molar-refractivity contribution is 7.85. The fourth-order valence-electron chi connectivity index (χ4n) is 5.23. The Morgan fingerprint density at radius 2 is 1.05 bits per heavy atom. The Hall–Kier alpha value is -1.69. The first kappa shape index (κ1) is 36.3. The van der Waals surface area contributed by atoms with Gasteiger partial charge in [-0.05, 0) is 37.3 Å². The van der Waals surface area contributed by atoms with Crippen LogP contribution in [0.5, 0.6) is 0 Å². The fourth-order valence-corrected chi connectivity index (χ4v) is 5.97. The summed E-state index contributed by atoms with van der Waals surface area (Å²) in [6, 6.07) is 17.4. The van der Waals surface area contributed by atoms with Crippen LogP contribution in [0.4, 0.5) is 0 Å². The van der Waals surface area contributed by atoms with E-state index in [9.17, 15) is 13.0 Å². The molecule has 0 fully saturated rings. The Kier molecular flexibility index (Phi) is 20.0. The number of hydrogen-bond donors (Lipinski definition) is 0. The third-order valence-electron chi connectivity index (χ3n) is 7.61. The molecule has 0 aliphatic rings. The average molecular weight is 574 g/mol. The van der Waals surface area contributed by atoms with Gasteiger partial charge in [-0.15, -0.1) is 0 Å². The zero-order chi connectivity index (χ0) is 29.5. The predicted octanol–water partition coefficient (Wildman–Crippen LogP) is 9.68. The van der Waals surface area contributed by atoms with Crippen molar-refractivity contribution in [1.29, 1.82) is 0 Å². The molecule has 5 heteroatoms. The highest BCUT2D eigenvalue weighted by atomic mass is 32.2. The summed E-state index contributed by atoms with van der Waals surface area (Å²) in [7, 11) is 0.347. The summed E-state index contributed by atoms with van der Waals surface area (Å²) < 4.78 is 34.6. The van der Waals surface area contributed by atoms with Crippen LogP contribution in [-0.4, -0.2) is 38.1 Å². The summed E-state index contributed by atoms with van der Waals surface area (Å²) in [5.41, 5.74) is 2.12. The molecule has 0 radical (unpaired) electrons. The monoisotopic (exact) mass is 573 g/mol. The van der Waals surface area contributed by atoms with Gasteiger partial charge in [-0.2, -0.15) is 0 Å². The fraction of sp³-hybridized carbons (Fsp3) is 0.657. The van der Waals surface area contributed by atoms with E-state index in [0.29, 0.717) is 12.0 Å². The summed E-state index contributed by atoms with van der Waals surface area (Å²) in [5, 5.41) is 0. The Labute approximate surface area is 247 Å². The van der Waals surface area contributed by atoms with E-state index in [-0.39, 0.29) is 4.90 Å². The highest BCUT2D eigenvalue weighted by Crippen LogP contribution is 2.18. The minimum atomic E-state index is -4.35. The number of unbranched alkanes of at least 4 members (excludes halogenated alkanes) is 14. The molecule has 0 unspecified atom stereocenters. The van der Waals surface area contributed by atoms with Crippen molar-refractivity contribution < 1.29 is 17.5 Å². The average Bonchev–Trinajstić information content (AvgIpc) is 2.92. The molecule has 0 atom stereocenters. The maximum Gasteiger partial charge on any atom is 0.124 e. The number of benzene rings is 2. The third kappa shape index (κ3) is 18.6. The quantitative estimate of drug-likeness (QED) is 0.0848. The Balaban J connectivity index is 0.000000408. The van der Waals surface area contributed by atoms with Gasteiger partial charge in [-0.25, -0.2) is 8.42 Å². The van der Waals surface area contributed by atoms with E-state index in [1.807, 2.05) is 0 Å². The minimum Gasteiger partial charge on any atom is -0.744 e. The molecule has 0 N–H and O–H groups in total. The van der Waals surface area contributed by atoms with Crippen molar-refractivity contribution in [2.24, 2.45) is 0 Å². The Morgan fingerprint density at radius 1 is 0.600 bits per heavy atom. The van der Waals surface area contributed by atoms with Crippen molar-refractivity contribution in [1.82, 2.24) is 0 Å². The largest absolute Gasteiger partial charge is 0.744 e. The van der Waals surface area contributed by atoms with Crippen LogP contribution in [0.15, 0.2) is 59.5 Å². The van der Waals surface area contributed by atoms with E-state index >= 15 is 0 Å². The maximum atomic E-state index is 11.2. The van der Waals surface area contributed by atoms with Gasteiger partial charge in [0.25, 0.3) is 0 Å². The normalized spacial score (nSPS) is 11.7. The van der Waals surface area contributed by atoms with E-state index in [0.717, 1.165) is 23.9 Å². The van der Waals surface area contributed by atoms with Crippen LogP contribution in [0.3, 0.4) is 0 Å². The number of nitrogens with zero attached hydrogens (tertiary/aromatic N) is 1. The van der Waals surface area contributed by atoms with Gasteiger partial charge < -0.3 is 9.04 Å². The first-order valence-electron chi connectivity index (χ1n) is 16.1. The van der Waals surface area contributed by atoms with Crippen LogP contribution in [-0.2, 0) is 23.1 Å². The molecule has 0 saturated carbocycles. The Bertz CT molecular complexity index is 973.